The number of rotatable bonds is 8. The van der Waals surface area contributed by atoms with Crippen LogP contribution in [-0.4, -0.2) is 37.5 Å². The Labute approximate surface area is 170 Å². The van der Waals surface area contributed by atoms with Crippen molar-refractivity contribution in [1.82, 2.24) is 10.6 Å². The van der Waals surface area contributed by atoms with Gasteiger partial charge in [0.15, 0.2) is 6.10 Å². The molecule has 0 heterocycles. The van der Waals surface area contributed by atoms with E-state index in [0.717, 1.165) is 22.4 Å². The van der Waals surface area contributed by atoms with E-state index in [1.807, 2.05) is 32.0 Å². The van der Waals surface area contributed by atoms with E-state index >= 15 is 0 Å². The fourth-order valence-corrected chi connectivity index (χ4v) is 2.51. The van der Waals surface area contributed by atoms with E-state index in [1.54, 1.807) is 31.4 Å². The summed E-state index contributed by atoms with van der Waals surface area (Å²) >= 11 is 0. The standard InChI is InChI=1S/C22H26N2O5/c1-14-5-8-18(11-15(14)2)22(27)24-13-20(25)29-16(3)21(26)23-12-17-6-9-19(28-4)10-7-17/h5-11,16H,12-13H2,1-4H3,(H,23,26)(H,24,27)/t16-/m0/s1. The molecule has 0 bridgehead atoms. The van der Waals surface area contributed by atoms with E-state index in [0.29, 0.717) is 12.1 Å². The zero-order valence-corrected chi connectivity index (χ0v) is 17.1. The van der Waals surface area contributed by atoms with Gasteiger partial charge in [0.05, 0.1) is 7.11 Å². The number of carbonyl (C=O) groups is 3. The fraction of sp³-hybridized carbons (Fsp3) is 0.318. The highest BCUT2D eigenvalue weighted by molar-refractivity contribution is 5.96. The summed E-state index contributed by atoms with van der Waals surface area (Å²) in [4.78, 5) is 36.2. The summed E-state index contributed by atoms with van der Waals surface area (Å²) in [5, 5.41) is 5.20. The number of methoxy groups -OCH3 is 1. The van der Waals surface area contributed by atoms with E-state index in [4.69, 9.17) is 9.47 Å². The molecule has 0 fully saturated rings. The van der Waals surface area contributed by atoms with E-state index in [9.17, 15) is 14.4 Å². The zero-order chi connectivity index (χ0) is 21.4. The molecule has 0 aliphatic rings. The van der Waals surface area contributed by atoms with Crippen LogP contribution in [0.2, 0.25) is 0 Å². The van der Waals surface area contributed by atoms with Crippen LogP contribution < -0.4 is 15.4 Å². The Kier molecular flexibility index (Phi) is 7.77. The molecule has 29 heavy (non-hydrogen) atoms. The largest absolute Gasteiger partial charge is 0.497 e. The van der Waals surface area contributed by atoms with Gasteiger partial charge in [-0.1, -0.05) is 18.2 Å². The number of benzene rings is 2. The number of amides is 2. The van der Waals surface area contributed by atoms with Gasteiger partial charge in [0.25, 0.3) is 11.8 Å². The molecule has 0 aliphatic heterocycles. The maximum absolute atomic E-state index is 12.1. The molecule has 0 aliphatic carbocycles. The second kappa shape index (κ2) is 10.3. The van der Waals surface area contributed by atoms with Crippen LogP contribution in [0.25, 0.3) is 0 Å². The number of hydrogen-bond donors (Lipinski definition) is 2. The lowest BCUT2D eigenvalue weighted by atomic mass is 10.1. The summed E-state index contributed by atoms with van der Waals surface area (Å²) < 4.78 is 10.2. The monoisotopic (exact) mass is 398 g/mol. The number of nitrogens with one attached hydrogen (secondary N) is 2. The summed E-state index contributed by atoms with van der Waals surface area (Å²) in [6, 6.07) is 12.5. The van der Waals surface area contributed by atoms with Gasteiger partial charge in [0, 0.05) is 12.1 Å². The minimum atomic E-state index is -0.973. The Bertz CT molecular complexity index is 877. The van der Waals surface area contributed by atoms with Gasteiger partial charge in [-0.25, -0.2) is 0 Å². The Morgan fingerprint density at radius 1 is 0.966 bits per heavy atom. The van der Waals surface area contributed by atoms with Crippen LogP contribution in [0.5, 0.6) is 5.75 Å². The topological polar surface area (TPSA) is 93.7 Å². The second-order valence-corrected chi connectivity index (χ2v) is 6.68. The maximum atomic E-state index is 12.1. The van der Waals surface area contributed by atoms with E-state index in [2.05, 4.69) is 10.6 Å². The Hall–Kier alpha value is -3.35. The molecular weight excluding hydrogens is 372 g/mol. The molecule has 0 saturated carbocycles. The summed E-state index contributed by atoms with van der Waals surface area (Å²) in [7, 11) is 1.58. The van der Waals surface area contributed by atoms with Crippen LogP contribution in [0.4, 0.5) is 0 Å². The number of carbonyl (C=O) groups excluding carboxylic acids is 3. The molecule has 2 aromatic carbocycles. The molecule has 2 N–H and O–H groups in total. The van der Waals surface area contributed by atoms with Crippen LogP contribution in [0, 0.1) is 13.8 Å². The van der Waals surface area contributed by atoms with E-state index < -0.39 is 18.0 Å². The molecule has 1 atom stereocenters. The van der Waals surface area contributed by atoms with Gasteiger partial charge < -0.3 is 20.1 Å². The van der Waals surface area contributed by atoms with Crippen LogP contribution in [0.3, 0.4) is 0 Å². The third-order valence-corrected chi connectivity index (χ3v) is 4.47. The van der Waals surface area contributed by atoms with Crippen molar-refractivity contribution < 1.29 is 23.9 Å². The normalized spacial score (nSPS) is 11.3. The van der Waals surface area contributed by atoms with Crippen molar-refractivity contribution >= 4 is 17.8 Å². The van der Waals surface area contributed by atoms with Crippen molar-refractivity contribution in [2.24, 2.45) is 0 Å². The molecule has 2 amide bonds. The predicted molar refractivity (Wildman–Crippen MR) is 109 cm³/mol. The minimum absolute atomic E-state index is 0.300. The smallest absolute Gasteiger partial charge is 0.326 e. The average molecular weight is 398 g/mol. The van der Waals surface area contributed by atoms with E-state index in [1.165, 1.54) is 6.92 Å². The van der Waals surface area contributed by atoms with Gasteiger partial charge in [0.2, 0.25) is 0 Å². The Balaban J connectivity index is 1.76. The van der Waals surface area contributed by atoms with Crippen LogP contribution in [0.1, 0.15) is 34.0 Å². The molecule has 0 aromatic heterocycles. The molecular formula is C22H26N2O5. The first kappa shape index (κ1) is 21.9. The molecule has 2 rings (SSSR count). The summed E-state index contributed by atoms with van der Waals surface area (Å²) in [6.07, 6.45) is -0.973. The first-order chi connectivity index (χ1) is 13.8. The van der Waals surface area contributed by atoms with Crippen LogP contribution in [-0.2, 0) is 20.9 Å². The lowest BCUT2D eigenvalue weighted by molar-refractivity contribution is -0.153. The molecule has 2 aromatic rings. The lowest BCUT2D eigenvalue weighted by Crippen LogP contribution is -2.38. The quantitative estimate of drug-likeness (QED) is 0.666. The van der Waals surface area contributed by atoms with E-state index in [-0.39, 0.29) is 12.5 Å². The molecule has 0 spiro atoms. The number of esters is 1. The predicted octanol–water partition coefficient (Wildman–Crippen LogP) is 2.29. The third kappa shape index (κ3) is 6.64. The van der Waals surface area contributed by atoms with Crippen molar-refractivity contribution in [2.45, 2.75) is 33.4 Å². The Morgan fingerprint density at radius 2 is 1.66 bits per heavy atom. The highest BCUT2D eigenvalue weighted by Gasteiger charge is 2.18. The van der Waals surface area contributed by atoms with Crippen molar-refractivity contribution in [3.8, 4) is 5.75 Å². The first-order valence-electron chi connectivity index (χ1n) is 9.25. The zero-order valence-electron chi connectivity index (χ0n) is 17.1. The van der Waals surface area contributed by atoms with Crippen molar-refractivity contribution in [3.63, 3.8) is 0 Å². The number of ether oxygens (including phenoxy) is 2. The minimum Gasteiger partial charge on any atom is -0.497 e. The van der Waals surface area contributed by atoms with Crippen molar-refractivity contribution in [2.75, 3.05) is 13.7 Å². The molecule has 154 valence electrons. The van der Waals surface area contributed by atoms with Gasteiger partial charge in [-0.2, -0.15) is 0 Å². The first-order valence-corrected chi connectivity index (χ1v) is 9.25. The molecule has 7 heteroatoms. The van der Waals surface area contributed by atoms with Crippen molar-refractivity contribution in [1.29, 1.82) is 0 Å². The SMILES string of the molecule is COc1ccc(CNC(=O)[C@H](C)OC(=O)CNC(=O)c2ccc(C)c(C)c2)cc1. The maximum Gasteiger partial charge on any atom is 0.326 e. The Morgan fingerprint density at radius 3 is 2.28 bits per heavy atom. The van der Waals surface area contributed by atoms with Gasteiger partial charge in [-0.3, -0.25) is 14.4 Å². The van der Waals surface area contributed by atoms with Crippen molar-refractivity contribution in [3.05, 3.63) is 64.7 Å². The molecule has 0 radical (unpaired) electrons. The molecule has 0 unspecified atom stereocenters. The third-order valence-electron chi connectivity index (χ3n) is 4.47. The highest BCUT2D eigenvalue weighted by atomic mass is 16.5. The highest BCUT2D eigenvalue weighted by Crippen LogP contribution is 2.11. The summed E-state index contributed by atoms with van der Waals surface area (Å²) in [5.74, 6) is -0.754. The number of hydrogen-bond acceptors (Lipinski definition) is 5. The number of aryl methyl sites for hydroxylation is 2. The summed E-state index contributed by atoms with van der Waals surface area (Å²) in [5.41, 5.74) is 3.42. The lowest BCUT2D eigenvalue weighted by Gasteiger charge is -2.14. The second-order valence-electron chi connectivity index (χ2n) is 6.68. The van der Waals surface area contributed by atoms with Crippen LogP contribution >= 0.6 is 0 Å². The average Bonchev–Trinajstić information content (AvgIpc) is 2.72. The fourth-order valence-electron chi connectivity index (χ4n) is 2.51. The summed E-state index contributed by atoms with van der Waals surface area (Å²) in [6.45, 7) is 5.32. The molecule has 0 saturated heterocycles. The van der Waals surface area contributed by atoms with Gasteiger partial charge in [-0.05, 0) is 61.7 Å². The van der Waals surface area contributed by atoms with Gasteiger partial charge >= 0.3 is 5.97 Å². The van der Waals surface area contributed by atoms with Gasteiger partial charge in [0.1, 0.15) is 12.3 Å². The van der Waals surface area contributed by atoms with Gasteiger partial charge in [-0.15, -0.1) is 0 Å². The molecule has 7 nitrogen and oxygen atoms in total. The van der Waals surface area contributed by atoms with Crippen LogP contribution in [0.15, 0.2) is 42.5 Å².